The van der Waals surface area contributed by atoms with Gasteiger partial charge in [0.2, 0.25) is 5.91 Å². The van der Waals surface area contributed by atoms with Crippen LogP contribution in [0.1, 0.15) is 21.9 Å². The van der Waals surface area contributed by atoms with E-state index < -0.39 is 11.7 Å². The number of para-hydroxylation sites is 2. The van der Waals surface area contributed by atoms with Gasteiger partial charge in [0.1, 0.15) is 23.6 Å². The first-order chi connectivity index (χ1) is 12.4. The molecule has 0 saturated carbocycles. The van der Waals surface area contributed by atoms with Crippen molar-refractivity contribution in [3.63, 3.8) is 0 Å². The number of furan rings is 1. The van der Waals surface area contributed by atoms with Crippen molar-refractivity contribution in [2.45, 2.75) is 20.0 Å². The number of benzene rings is 1. The number of esters is 1. The monoisotopic (exact) mass is 358 g/mol. The van der Waals surface area contributed by atoms with E-state index in [1.165, 1.54) is 16.6 Å². The van der Waals surface area contributed by atoms with Crippen LogP contribution in [0.15, 0.2) is 44.0 Å². The van der Waals surface area contributed by atoms with Crippen LogP contribution in [0.25, 0.3) is 11.1 Å². The number of methoxy groups -OCH3 is 1. The van der Waals surface area contributed by atoms with Crippen molar-refractivity contribution in [1.82, 2.24) is 9.47 Å². The normalized spacial score (nSPS) is 10.9. The van der Waals surface area contributed by atoms with Crippen molar-refractivity contribution in [2.24, 2.45) is 0 Å². The van der Waals surface area contributed by atoms with Crippen molar-refractivity contribution in [1.29, 1.82) is 0 Å². The summed E-state index contributed by atoms with van der Waals surface area (Å²) in [6.07, 6.45) is 0. The fourth-order valence-electron chi connectivity index (χ4n) is 2.68. The average Bonchev–Trinajstić information content (AvgIpc) is 3.14. The summed E-state index contributed by atoms with van der Waals surface area (Å²) in [5.74, 6) is -0.516. The number of carbonyl (C=O) groups excluding carboxylic acids is 2. The third-order valence-electron chi connectivity index (χ3n) is 4.06. The van der Waals surface area contributed by atoms with E-state index in [1.807, 2.05) is 0 Å². The van der Waals surface area contributed by atoms with E-state index in [9.17, 15) is 14.4 Å². The van der Waals surface area contributed by atoms with E-state index in [4.69, 9.17) is 8.83 Å². The Hall–Kier alpha value is -3.29. The topological polar surface area (TPSA) is 94.9 Å². The highest BCUT2D eigenvalue weighted by atomic mass is 16.5. The van der Waals surface area contributed by atoms with E-state index in [-0.39, 0.29) is 19.0 Å². The molecule has 8 heteroatoms. The number of oxazole rings is 1. The highest BCUT2D eigenvalue weighted by molar-refractivity contribution is 5.90. The second-order valence-electron chi connectivity index (χ2n) is 5.85. The standard InChI is InChI=1S/C18H18N2O6/c1-11-13(17(22)24-3)8-12(25-11)9-19(2)16(21)10-20-14-6-4-5-7-15(14)26-18(20)23/h4-8H,9-10H2,1-3H3. The van der Waals surface area contributed by atoms with Crippen LogP contribution in [0.5, 0.6) is 0 Å². The van der Waals surface area contributed by atoms with Crippen LogP contribution in [0.2, 0.25) is 0 Å². The maximum absolute atomic E-state index is 12.5. The van der Waals surface area contributed by atoms with E-state index >= 15 is 0 Å². The predicted molar refractivity (Wildman–Crippen MR) is 91.7 cm³/mol. The molecular weight excluding hydrogens is 340 g/mol. The highest BCUT2D eigenvalue weighted by Crippen LogP contribution is 2.17. The van der Waals surface area contributed by atoms with E-state index in [1.54, 1.807) is 44.3 Å². The van der Waals surface area contributed by atoms with Gasteiger partial charge in [-0.2, -0.15) is 0 Å². The second-order valence-corrected chi connectivity index (χ2v) is 5.85. The first-order valence-corrected chi connectivity index (χ1v) is 7.90. The van der Waals surface area contributed by atoms with E-state index in [0.717, 1.165) is 0 Å². The molecule has 0 bridgehead atoms. The van der Waals surface area contributed by atoms with Gasteiger partial charge in [-0.1, -0.05) is 12.1 Å². The molecular formula is C18H18N2O6. The first kappa shape index (κ1) is 17.5. The fraction of sp³-hybridized carbons (Fsp3) is 0.278. The SMILES string of the molecule is COC(=O)c1cc(CN(C)C(=O)Cn2c(=O)oc3ccccc32)oc1C. The molecule has 26 heavy (non-hydrogen) atoms. The third kappa shape index (κ3) is 3.26. The minimum Gasteiger partial charge on any atom is -0.465 e. The molecule has 8 nitrogen and oxygen atoms in total. The number of nitrogens with zero attached hydrogens (tertiary/aromatic N) is 2. The molecule has 3 rings (SSSR count). The molecule has 0 aliphatic heterocycles. The third-order valence-corrected chi connectivity index (χ3v) is 4.06. The summed E-state index contributed by atoms with van der Waals surface area (Å²) in [7, 11) is 2.88. The smallest absolute Gasteiger partial charge is 0.420 e. The first-order valence-electron chi connectivity index (χ1n) is 7.90. The zero-order valence-electron chi connectivity index (χ0n) is 14.6. The molecule has 136 valence electrons. The van der Waals surface area contributed by atoms with Gasteiger partial charge in [0, 0.05) is 7.05 Å². The van der Waals surface area contributed by atoms with Crippen LogP contribution in [-0.2, 0) is 22.6 Å². The number of fused-ring (bicyclic) bond motifs is 1. The van der Waals surface area contributed by atoms with Gasteiger partial charge in [0.05, 0.1) is 19.2 Å². The van der Waals surface area contributed by atoms with Crippen molar-refractivity contribution in [3.8, 4) is 0 Å². The van der Waals surface area contributed by atoms with Crippen LogP contribution < -0.4 is 5.76 Å². The molecule has 0 spiro atoms. The van der Waals surface area contributed by atoms with Gasteiger partial charge in [0.15, 0.2) is 5.58 Å². The number of amides is 1. The van der Waals surface area contributed by atoms with Crippen LogP contribution in [-0.4, -0.2) is 35.5 Å². The summed E-state index contributed by atoms with van der Waals surface area (Å²) in [6.45, 7) is 1.64. The van der Waals surface area contributed by atoms with Gasteiger partial charge in [-0.05, 0) is 25.1 Å². The lowest BCUT2D eigenvalue weighted by Gasteiger charge is -2.15. The fourth-order valence-corrected chi connectivity index (χ4v) is 2.68. The van der Waals surface area contributed by atoms with Crippen molar-refractivity contribution < 1.29 is 23.2 Å². The number of likely N-dealkylation sites (N-methyl/N-ethyl adjacent to an activating group) is 1. The highest BCUT2D eigenvalue weighted by Gasteiger charge is 2.19. The van der Waals surface area contributed by atoms with E-state index in [2.05, 4.69) is 4.74 Å². The van der Waals surface area contributed by atoms with Crippen LogP contribution >= 0.6 is 0 Å². The summed E-state index contributed by atoms with van der Waals surface area (Å²) in [4.78, 5) is 37.5. The van der Waals surface area contributed by atoms with Crippen LogP contribution in [0.4, 0.5) is 0 Å². The van der Waals surface area contributed by atoms with Crippen LogP contribution in [0.3, 0.4) is 0 Å². The molecule has 0 N–H and O–H groups in total. The predicted octanol–water partition coefficient (Wildman–Crippen LogP) is 1.94. The van der Waals surface area contributed by atoms with Gasteiger partial charge in [0.25, 0.3) is 0 Å². The molecule has 0 aliphatic carbocycles. The Morgan fingerprint density at radius 3 is 2.69 bits per heavy atom. The van der Waals surface area contributed by atoms with Crippen molar-refractivity contribution in [3.05, 3.63) is 58.0 Å². The molecule has 1 aromatic carbocycles. The molecule has 0 atom stereocenters. The van der Waals surface area contributed by atoms with E-state index in [0.29, 0.717) is 28.2 Å². The van der Waals surface area contributed by atoms with Crippen LogP contribution in [0, 0.1) is 6.92 Å². The Morgan fingerprint density at radius 2 is 1.96 bits per heavy atom. The molecule has 1 amide bonds. The minimum atomic E-state index is -0.588. The number of ether oxygens (including phenoxy) is 1. The zero-order valence-corrected chi connectivity index (χ0v) is 14.6. The molecule has 0 radical (unpaired) electrons. The number of aromatic nitrogens is 1. The number of carbonyl (C=O) groups is 2. The maximum Gasteiger partial charge on any atom is 0.420 e. The Labute approximate surface area is 148 Å². The lowest BCUT2D eigenvalue weighted by atomic mass is 10.2. The number of rotatable bonds is 5. The minimum absolute atomic E-state index is 0.154. The van der Waals surface area contributed by atoms with Crippen molar-refractivity contribution >= 4 is 23.0 Å². The molecule has 3 aromatic rings. The Morgan fingerprint density at radius 1 is 1.23 bits per heavy atom. The largest absolute Gasteiger partial charge is 0.465 e. The summed E-state index contributed by atoms with van der Waals surface area (Å²) in [5.41, 5.74) is 1.30. The molecule has 0 unspecified atom stereocenters. The maximum atomic E-state index is 12.5. The lowest BCUT2D eigenvalue weighted by Crippen LogP contribution is -2.32. The molecule has 0 aliphatic rings. The number of aryl methyl sites for hydroxylation is 1. The van der Waals surface area contributed by atoms with Gasteiger partial charge in [-0.25, -0.2) is 9.59 Å². The van der Waals surface area contributed by atoms with Gasteiger partial charge in [-0.3, -0.25) is 9.36 Å². The average molecular weight is 358 g/mol. The van der Waals surface area contributed by atoms with Crippen molar-refractivity contribution in [2.75, 3.05) is 14.2 Å². The molecule has 0 fully saturated rings. The zero-order chi connectivity index (χ0) is 18.8. The summed E-state index contributed by atoms with van der Waals surface area (Å²) in [5, 5.41) is 0. The summed E-state index contributed by atoms with van der Waals surface area (Å²) in [6, 6.07) is 8.45. The quantitative estimate of drug-likeness (QED) is 0.647. The molecule has 2 heterocycles. The molecule has 2 aromatic heterocycles. The van der Waals surface area contributed by atoms with Gasteiger partial charge >= 0.3 is 11.7 Å². The van der Waals surface area contributed by atoms with Gasteiger partial charge in [-0.15, -0.1) is 0 Å². The summed E-state index contributed by atoms with van der Waals surface area (Å²) >= 11 is 0. The number of hydrogen-bond acceptors (Lipinski definition) is 6. The Kier molecular flexibility index (Phi) is 4.66. The van der Waals surface area contributed by atoms with Gasteiger partial charge < -0.3 is 18.5 Å². The Balaban J connectivity index is 1.75. The summed E-state index contributed by atoms with van der Waals surface area (Å²) < 4.78 is 16.6. The Bertz CT molecular complexity index is 1030. The number of hydrogen-bond donors (Lipinski definition) is 0. The second kappa shape index (κ2) is 6.91. The molecule has 0 saturated heterocycles. The lowest BCUT2D eigenvalue weighted by molar-refractivity contribution is -0.131.